The number of halogens is 2. The van der Waals surface area contributed by atoms with Crippen LogP contribution in [0.25, 0.3) is 0 Å². The van der Waals surface area contributed by atoms with Gasteiger partial charge in [-0.25, -0.2) is 8.78 Å². The van der Waals surface area contributed by atoms with Crippen molar-refractivity contribution in [3.05, 3.63) is 83.7 Å². The molecule has 0 aliphatic rings. The van der Waals surface area contributed by atoms with Crippen molar-refractivity contribution >= 4 is 23.0 Å². The second-order valence-corrected chi connectivity index (χ2v) is 5.65. The Hall–Kier alpha value is -3.28. The number of aromatic nitrogens is 1. The number of nitrogens with one attached hydrogen (secondary N) is 2. The van der Waals surface area contributed by atoms with Crippen LogP contribution in [0.3, 0.4) is 0 Å². The quantitative estimate of drug-likeness (QED) is 0.685. The molecule has 1 heterocycles. The predicted molar refractivity (Wildman–Crippen MR) is 97.7 cm³/mol. The molecule has 0 aliphatic carbocycles. The Bertz CT molecular complexity index is 924. The van der Waals surface area contributed by atoms with E-state index in [9.17, 15) is 13.6 Å². The molecule has 0 fully saturated rings. The van der Waals surface area contributed by atoms with E-state index in [1.165, 1.54) is 24.5 Å². The van der Waals surface area contributed by atoms with Gasteiger partial charge in [-0.05, 0) is 36.2 Å². The lowest BCUT2D eigenvalue weighted by Gasteiger charge is -2.11. The fraction of sp³-hybridized carbons (Fsp3) is 0.100. The van der Waals surface area contributed by atoms with Crippen molar-refractivity contribution in [1.82, 2.24) is 4.98 Å². The highest BCUT2D eigenvalue weighted by Crippen LogP contribution is 2.23. The van der Waals surface area contributed by atoms with Crippen LogP contribution < -0.4 is 10.6 Å². The fourth-order valence-electron chi connectivity index (χ4n) is 2.54. The van der Waals surface area contributed by atoms with E-state index in [2.05, 4.69) is 15.6 Å². The number of carbonyl (C=O) groups excluding carboxylic acids is 1. The molecule has 0 spiro atoms. The van der Waals surface area contributed by atoms with Crippen molar-refractivity contribution < 1.29 is 13.6 Å². The van der Waals surface area contributed by atoms with Gasteiger partial charge in [-0.2, -0.15) is 0 Å². The molecular weight excluding hydrogens is 336 g/mol. The first kappa shape index (κ1) is 17.5. The van der Waals surface area contributed by atoms with Crippen LogP contribution in [0.2, 0.25) is 0 Å². The summed E-state index contributed by atoms with van der Waals surface area (Å²) in [5.41, 5.74) is 2.03. The molecule has 4 nitrogen and oxygen atoms in total. The first-order valence-electron chi connectivity index (χ1n) is 8.14. The van der Waals surface area contributed by atoms with Crippen LogP contribution in [0.4, 0.5) is 25.8 Å². The zero-order valence-electron chi connectivity index (χ0n) is 14.1. The molecule has 0 aliphatic heterocycles. The Morgan fingerprint density at radius 2 is 1.77 bits per heavy atom. The van der Waals surface area contributed by atoms with Crippen LogP contribution in [-0.4, -0.2) is 10.9 Å². The molecular formula is C20H17F2N3O. The highest BCUT2D eigenvalue weighted by Gasteiger charge is 2.12. The van der Waals surface area contributed by atoms with Crippen molar-refractivity contribution in [2.75, 3.05) is 10.6 Å². The van der Waals surface area contributed by atoms with Gasteiger partial charge in [0.1, 0.15) is 17.3 Å². The maximum atomic E-state index is 13.8. The lowest BCUT2D eigenvalue weighted by atomic mass is 10.1. The number of hydrogen-bond donors (Lipinski definition) is 2. The minimum absolute atomic E-state index is 0.276. The Labute approximate surface area is 149 Å². The SMILES string of the molecule is CCc1ccccc1NC(=O)c1cncc(Nc2c(F)cccc2F)c1. The Balaban J connectivity index is 1.82. The molecule has 6 heteroatoms. The summed E-state index contributed by atoms with van der Waals surface area (Å²) in [5, 5.41) is 5.47. The van der Waals surface area contributed by atoms with Gasteiger partial charge in [-0.15, -0.1) is 0 Å². The molecule has 0 saturated heterocycles. The number of para-hydroxylation sites is 2. The van der Waals surface area contributed by atoms with E-state index in [4.69, 9.17) is 0 Å². The van der Waals surface area contributed by atoms with Crippen molar-refractivity contribution in [3.8, 4) is 0 Å². The van der Waals surface area contributed by atoms with E-state index in [0.29, 0.717) is 5.69 Å². The first-order chi connectivity index (χ1) is 12.6. The van der Waals surface area contributed by atoms with Gasteiger partial charge in [0, 0.05) is 11.9 Å². The first-order valence-corrected chi connectivity index (χ1v) is 8.14. The number of anilines is 3. The van der Waals surface area contributed by atoms with Crippen molar-refractivity contribution in [3.63, 3.8) is 0 Å². The minimum Gasteiger partial charge on any atom is -0.349 e. The lowest BCUT2D eigenvalue weighted by Crippen LogP contribution is -2.14. The Morgan fingerprint density at radius 3 is 2.50 bits per heavy atom. The third-order valence-corrected chi connectivity index (χ3v) is 3.88. The average Bonchev–Trinajstić information content (AvgIpc) is 2.65. The monoisotopic (exact) mass is 353 g/mol. The molecule has 26 heavy (non-hydrogen) atoms. The van der Waals surface area contributed by atoms with Gasteiger partial charge >= 0.3 is 0 Å². The molecule has 3 rings (SSSR count). The predicted octanol–water partition coefficient (Wildman–Crippen LogP) is 4.92. The van der Waals surface area contributed by atoms with E-state index >= 15 is 0 Å². The molecule has 0 unspecified atom stereocenters. The van der Waals surface area contributed by atoms with Crippen LogP contribution in [0, 0.1) is 11.6 Å². The van der Waals surface area contributed by atoms with E-state index in [-0.39, 0.29) is 17.2 Å². The molecule has 3 aromatic rings. The molecule has 0 radical (unpaired) electrons. The Morgan fingerprint density at radius 1 is 1.04 bits per heavy atom. The molecule has 0 saturated carbocycles. The highest BCUT2D eigenvalue weighted by atomic mass is 19.1. The maximum absolute atomic E-state index is 13.8. The molecule has 1 amide bonds. The summed E-state index contributed by atoms with van der Waals surface area (Å²) < 4.78 is 27.5. The fourth-order valence-corrected chi connectivity index (χ4v) is 2.54. The number of aryl methyl sites for hydroxylation is 1. The molecule has 0 atom stereocenters. The molecule has 2 N–H and O–H groups in total. The van der Waals surface area contributed by atoms with Crippen LogP contribution in [0.5, 0.6) is 0 Å². The van der Waals surface area contributed by atoms with Gasteiger partial charge in [0.05, 0.1) is 17.4 Å². The second-order valence-electron chi connectivity index (χ2n) is 5.65. The second kappa shape index (κ2) is 7.74. The van der Waals surface area contributed by atoms with Gasteiger partial charge in [-0.3, -0.25) is 9.78 Å². The molecule has 0 bridgehead atoms. The van der Waals surface area contributed by atoms with Crippen LogP contribution in [-0.2, 0) is 6.42 Å². The molecule has 2 aromatic carbocycles. The summed E-state index contributed by atoms with van der Waals surface area (Å²) in [6.07, 6.45) is 3.57. The standard InChI is InChI=1S/C20H17F2N3O/c1-2-13-6-3-4-9-18(13)25-20(26)14-10-15(12-23-11-14)24-19-16(21)7-5-8-17(19)22/h3-12,24H,2H2,1H3,(H,25,26). The van der Waals surface area contributed by atoms with E-state index in [1.807, 2.05) is 31.2 Å². The summed E-state index contributed by atoms with van der Waals surface area (Å²) in [6.45, 7) is 2.00. The number of pyridine rings is 1. The van der Waals surface area contributed by atoms with Crippen LogP contribution in [0.15, 0.2) is 60.9 Å². The third kappa shape index (κ3) is 3.85. The van der Waals surface area contributed by atoms with E-state index in [1.54, 1.807) is 0 Å². The van der Waals surface area contributed by atoms with Gasteiger partial charge < -0.3 is 10.6 Å². The summed E-state index contributed by atoms with van der Waals surface area (Å²) in [5.74, 6) is -1.80. The number of rotatable bonds is 5. The van der Waals surface area contributed by atoms with Gasteiger partial charge in [0.2, 0.25) is 0 Å². The third-order valence-electron chi connectivity index (χ3n) is 3.88. The maximum Gasteiger partial charge on any atom is 0.257 e. The zero-order valence-corrected chi connectivity index (χ0v) is 14.1. The number of amides is 1. The largest absolute Gasteiger partial charge is 0.349 e. The average molecular weight is 353 g/mol. The van der Waals surface area contributed by atoms with Crippen LogP contribution in [0.1, 0.15) is 22.8 Å². The lowest BCUT2D eigenvalue weighted by molar-refractivity contribution is 0.102. The van der Waals surface area contributed by atoms with Gasteiger partial charge in [0.25, 0.3) is 5.91 Å². The summed E-state index contributed by atoms with van der Waals surface area (Å²) in [7, 11) is 0. The topological polar surface area (TPSA) is 54.0 Å². The van der Waals surface area contributed by atoms with Crippen molar-refractivity contribution in [1.29, 1.82) is 0 Å². The number of carbonyl (C=O) groups is 1. The zero-order chi connectivity index (χ0) is 18.5. The normalized spacial score (nSPS) is 10.4. The van der Waals surface area contributed by atoms with Crippen molar-refractivity contribution in [2.45, 2.75) is 13.3 Å². The number of hydrogen-bond acceptors (Lipinski definition) is 3. The van der Waals surface area contributed by atoms with Gasteiger partial charge in [-0.1, -0.05) is 31.2 Å². The van der Waals surface area contributed by atoms with Gasteiger partial charge in [0.15, 0.2) is 0 Å². The summed E-state index contributed by atoms with van der Waals surface area (Å²) in [6, 6.07) is 12.6. The van der Waals surface area contributed by atoms with E-state index in [0.717, 1.165) is 29.8 Å². The Kier molecular flexibility index (Phi) is 5.22. The molecule has 1 aromatic heterocycles. The smallest absolute Gasteiger partial charge is 0.257 e. The minimum atomic E-state index is -0.725. The number of nitrogens with zero attached hydrogens (tertiary/aromatic N) is 1. The van der Waals surface area contributed by atoms with E-state index < -0.39 is 11.6 Å². The van der Waals surface area contributed by atoms with Crippen molar-refractivity contribution in [2.24, 2.45) is 0 Å². The van der Waals surface area contributed by atoms with Crippen LogP contribution >= 0.6 is 0 Å². The summed E-state index contributed by atoms with van der Waals surface area (Å²) >= 11 is 0. The molecule has 132 valence electrons. The summed E-state index contributed by atoms with van der Waals surface area (Å²) in [4.78, 5) is 16.5. The highest BCUT2D eigenvalue weighted by molar-refractivity contribution is 6.05. The number of benzene rings is 2.